The van der Waals surface area contributed by atoms with E-state index in [2.05, 4.69) is 55.2 Å². The van der Waals surface area contributed by atoms with Gasteiger partial charge in [-0.15, -0.1) is 5.10 Å². The van der Waals surface area contributed by atoms with E-state index in [1.165, 1.54) is 12.8 Å². The Morgan fingerprint density at radius 1 is 1.30 bits per heavy atom. The van der Waals surface area contributed by atoms with E-state index in [-0.39, 0.29) is 12.1 Å². The highest BCUT2D eigenvalue weighted by atomic mass is 16.3. The van der Waals surface area contributed by atoms with Crippen LogP contribution in [-0.4, -0.2) is 44.1 Å². The second kappa shape index (κ2) is 5.66. The molecule has 1 aromatic heterocycles. The normalized spacial score (nSPS) is 25.3. The Balaban J connectivity index is 1.93. The van der Waals surface area contributed by atoms with Crippen molar-refractivity contribution in [2.45, 2.75) is 52.3 Å². The average molecular weight is 278 g/mol. The van der Waals surface area contributed by atoms with Gasteiger partial charge in [-0.2, -0.15) is 0 Å². The van der Waals surface area contributed by atoms with E-state index in [0.29, 0.717) is 11.1 Å². The molecule has 1 N–H and O–H groups in total. The van der Waals surface area contributed by atoms with Crippen LogP contribution in [0.2, 0.25) is 0 Å². The predicted octanol–water partition coefficient (Wildman–Crippen LogP) is 1.84. The van der Waals surface area contributed by atoms with Gasteiger partial charge in [-0.1, -0.05) is 31.2 Å². The van der Waals surface area contributed by atoms with Crippen molar-refractivity contribution in [1.29, 1.82) is 0 Å². The van der Waals surface area contributed by atoms with Gasteiger partial charge in [0.1, 0.15) is 5.69 Å². The van der Waals surface area contributed by atoms with Crippen LogP contribution in [0.1, 0.15) is 39.3 Å². The lowest BCUT2D eigenvalue weighted by Gasteiger charge is -2.42. The minimum atomic E-state index is -0.0502. The summed E-state index contributed by atoms with van der Waals surface area (Å²) >= 11 is 0. The molecule has 1 aliphatic carbocycles. The summed E-state index contributed by atoms with van der Waals surface area (Å²) in [6.07, 6.45) is 8.87. The summed E-state index contributed by atoms with van der Waals surface area (Å²) in [5.41, 5.74) is 1.07. The summed E-state index contributed by atoms with van der Waals surface area (Å²) in [7, 11) is 2.16. The van der Waals surface area contributed by atoms with Crippen LogP contribution in [0.25, 0.3) is 0 Å². The SMILES string of the molecule is CN(CCn1cc(CO)nn1)C1(C)C=CC(C)(C)CC1. The van der Waals surface area contributed by atoms with Gasteiger partial charge in [0.05, 0.1) is 19.3 Å². The maximum atomic E-state index is 8.99. The smallest absolute Gasteiger partial charge is 0.108 e. The van der Waals surface area contributed by atoms with Crippen LogP contribution in [0.5, 0.6) is 0 Å². The zero-order chi connectivity index (χ0) is 14.8. The third kappa shape index (κ3) is 3.46. The summed E-state index contributed by atoms with van der Waals surface area (Å²) in [5, 5.41) is 16.9. The molecule has 0 fully saturated rings. The molecule has 5 heteroatoms. The van der Waals surface area contributed by atoms with Crippen molar-refractivity contribution >= 4 is 0 Å². The number of aliphatic hydroxyl groups is 1. The Kier molecular flexibility index (Phi) is 4.30. The molecule has 1 unspecified atom stereocenters. The summed E-state index contributed by atoms with van der Waals surface area (Å²) in [6, 6.07) is 0. The third-order valence-electron chi connectivity index (χ3n) is 4.45. The predicted molar refractivity (Wildman–Crippen MR) is 79.1 cm³/mol. The van der Waals surface area contributed by atoms with Crippen molar-refractivity contribution in [3.63, 3.8) is 0 Å². The molecule has 0 spiro atoms. The van der Waals surface area contributed by atoms with E-state index >= 15 is 0 Å². The molecule has 112 valence electrons. The molecule has 0 amide bonds. The molecule has 1 aromatic rings. The summed E-state index contributed by atoms with van der Waals surface area (Å²) < 4.78 is 1.79. The van der Waals surface area contributed by atoms with Crippen LogP contribution in [0, 0.1) is 5.41 Å². The Morgan fingerprint density at radius 3 is 2.60 bits per heavy atom. The van der Waals surface area contributed by atoms with E-state index in [0.717, 1.165) is 13.1 Å². The van der Waals surface area contributed by atoms with Crippen LogP contribution >= 0.6 is 0 Å². The van der Waals surface area contributed by atoms with Gasteiger partial charge in [0, 0.05) is 12.1 Å². The molecule has 2 rings (SSSR count). The van der Waals surface area contributed by atoms with Gasteiger partial charge < -0.3 is 5.11 Å². The molecule has 0 saturated heterocycles. The maximum absolute atomic E-state index is 8.99. The average Bonchev–Trinajstić information content (AvgIpc) is 2.88. The molecule has 1 atom stereocenters. The quantitative estimate of drug-likeness (QED) is 0.835. The lowest BCUT2D eigenvalue weighted by atomic mass is 9.75. The highest BCUT2D eigenvalue weighted by Gasteiger charge is 2.32. The molecular weight excluding hydrogens is 252 g/mol. The van der Waals surface area contributed by atoms with Crippen molar-refractivity contribution in [3.05, 3.63) is 24.0 Å². The summed E-state index contributed by atoms with van der Waals surface area (Å²) in [4.78, 5) is 2.37. The van der Waals surface area contributed by atoms with Gasteiger partial charge >= 0.3 is 0 Å². The number of aromatic nitrogens is 3. The topological polar surface area (TPSA) is 54.2 Å². The van der Waals surface area contributed by atoms with Crippen LogP contribution in [0.4, 0.5) is 0 Å². The lowest BCUT2D eigenvalue weighted by molar-refractivity contribution is 0.140. The molecule has 1 heterocycles. The number of hydrogen-bond acceptors (Lipinski definition) is 4. The van der Waals surface area contributed by atoms with Gasteiger partial charge in [-0.25, -0.2) is 0 Å². The number of hydrogen-bond donors (Lipinski definition) is 1. The fraction of sp³-hybridized carbons (Fsp3) is 0.733. The molecule has 0 radical (unpaired) electrons. The summed E-state index contributed by atoms with van der Waals surface area (Å²) in [5.74, 6) is 0. The molecule has 0 aromatic carbocycles. The van der Waals surface area contributed by atoms with Crippen molar-refractivity contribution < 1.29 is 5.11 Å². The largest absolute Gasteiger partial charge is 0.390 e. The van der Waals surface area contributed by atoms with Crippen molar-refractivity contribution in [1.82, 2.24) is 19.9 Å². The van der Waals surface area contributed by atoms with Crippen LogP contribution in [0.3, 0.4) is 0 Å². The minimum absolute atomic E-state index is 0.0502. The Hall–Kier alpha value is -1.20. The Morgan fingerprint density at radius 2 is 2.05 bits per heavy atom. The monoisotopic (exact) mass is 278 g/mol. The van der Waals surface area contributed by atoms with Crippen LogP contribution in [-0.2, 0) is 13.2 Å². The fourth-order valence-corrected chi connectivity index (χ4v) is 2.49. The van der Waals surface area contributed by atoms with Gasteiger partial charge in [-0.05, 0) is 32.2 Å². The third-order valence-corrected chi connectivity index (χ3v) is 4.45. The Bertz CT molecular complexity index is 480. The molecule has 20 heavy (non-hydrogen) atoms. The van der Waals surface area contributed by atoms with Gasteiger partial charge in [0.25, 0.3) is 0 Å². The first-order chi connectivity index (χ1) is 9.35. The fourth-order valence-electron chi connectivity index (χ4n) is 2.49. The second-order valence-electron chi connectivity index (χ2n) is 6.73. The number of allylic oxidation sites excluding steroid dienone is 1. The molecule has 0 aliphatic heterocycles. The van der Waals surface area contributed by atoms with Gasteiger partial charge in [0.2, 0.25) is 0 Å². The minimum Gasteiger partial charge on any atom is -0.390 e. The molecule has 0 bridgehead atoms. The Labute approximate surface area is 121 Å². The van der Waals surface area contributed by atoms with Crippen molar-refractivity contribution in [3.8, 4) is 0 Å². The second-order valence-corrected chi connectivity index (χ2v) is 6.73. The molecular formula is C15H26N4O. The standard InChI is InChI=1S/C15H26N4O/c1-14(2)5-7-15(3,8-6-14)18(4)9-10-19-11-13(12-20)16-17-19/h5,7,11,20H,6,8-10,12H2,1-4H3. The van der Waals surface area contributed by atoms with E-state index in [4.69, 9.17) is 5.11 Å². The van der Waals surface area contributed by atoms with Crippen LogP contribution in [0.15, 0.2) is 18.3 Å². The van der Waals surface area contributed by atoms with Crippen molar-refractivity contribution in [2.75, 3.05) is 13.6 Å². The van der Waals surface area contributed by atoms with E-state index in [9.17, 15) is 0 Å². The lowest BCUT2D eigenvalue weighted by Crippen LogP contribution is -2.46. The van der Waals surface area contributed by atoms with Crippen LogP contribution < -0.4 is 0 Å². The maximum Gasteiger partial charge on any atom is 0.108 e. The number of likely N-dealkylation sites (N-methyl/N-ethyl adjacent to an activating group) is 1. The van der Waals surface area contributed by atoms with E-state index in [1.54, 1.807) is 10.9 Å². The molecule has 0 saturated carbocycles. The van der Waals surface area contributed by atoms with Crippen molar-refractivity contribution in [2.24, 2.45) is 5.41 Å². The van der Waals surface area contributed by atoms with E-state index in [1.807, 2.05) is 0 Å². The highest BCUT2D eigenvalue weighted by Crippen LogP contribution is 2.36. The van der Waals surface area contributed by atoms with Gasteiger partial charge in [-0.3, -0.25) is 9.58 Å². The number of aliphatic hydroxyl groups excluding tert-OH is 1. The van der Waals surface area contributed by atoms with E-state index < -0.39 is 0 Å². The first-order valence-corrected chi connectivity index (χ1v) is 7.26. The number of nitrogens with zero attached hydrogens (tertiary/aromatic N) is 4. The zero-order valence-electron chi connectivity index (χ0n) is 13.0. The first-order valence-electron chi connectivity index (χ1n) is 7.26. The van der Waals surface area contributed by atoms with Gasteiger partial charge in [0.15, 0.2) is 0 Å². The number of rotatable bonds is 5. The molecule has 1 aliphatic rings. The summed E-state index contributed by atoms with van der Waals surface area (Å²) in [6.45, 7) is 8.51. The highest BCUT2D eigenvalue weighted by molar-refractivity contribution is 5.13. The molecule has 5 nitrogen and oxygen atoms in total. The zero-order valence-corrected chi connectivity index (χ0v) is 13.0. The first kappa shape index (κ1) is 15.2.